The van der Waals surface area contributed by atoms with Crippen LogP contribution in [0, 0.1) is 5.92 Å². The van der Waals surface area contributed by atoms with Crippen molar-refractivity contribution in [1.82, 2.24) is 4.90 Å². The lowest BCUT2D eigenvalue weighted by atomic mass is 10.1. The van der Waals surface area contributed by atoms with Crippen molar-refractivity contribution in [2.45, 2.75) is 20.3 Å². The van der Waals surface area contributed by atoms with E-state index < -0.39 is 0 Å². The van der Waals surface area contributed by atoms with Crippen LogP contribution in [0.1, 0.15) is 20.3 Å². The molecular weight excluding hydrogens is 276 g/mol. The maximum atomic E-state index is 12.0. The first kappa shape index (κ1) is 16.6. The number of ether oxygens (including phenoxy) is 1. The SMILES string of the molecule is COc1cc(Cl)ccc1NCC(=O)N(C)CCC(C)C. The maximum Gasteiger partial charge on any atom is 0.241 e. The topological polar surface area (TPSA) is 41.6 Å². The monoisotopic (exact) mass is 298 g/mol. The lowest BCUT2D eigenvalue weighted by Gasteiger charge is -2.19. The molecule has 0 aliphatic heterocycles. The van der Waals surface area contributed by atoms with Gasteiger partial charge in [0.25, 0.3) is 0 Å². The molecule has 0 heterocycles. The highest BCUT2D eigenvalue weighted by atomic mass is 35.5. The largest absolute Gasteiger partial charge is 0.495 e. The van der Waals surface area contributed by atoms with E-state index in [1.165, 1.54) is 0 Å². The highest BCUT2D eigenvalue weighted by molar-refractivity contribution is 6.30. The second kappa shape index (κ2) is 8.00. The van der Waals surface area contributed by atoms with Crippen LogP contribution in [0.2, 0.25) is 5.02 Å². The molecule has 1 aromatic rings. The van der Waals surface area contributed by atoms with Gasteiger partial charge in [-0.25, -0.2) is 0 Å². The summed E-state index contributed by atoms with van der Waals surface area (Å²) in [5.41, 5.74) is 0.766. The van der Waals surface area contributed by atoms with Gasteiger partial charge >= 0.3 is 0 Å². The first-order valence-electron chi connectivity index (χ1n) is 6.75. The van der Waals surface area contributed by atoms with Crippen molar-refractivity contribution >= 4 is 23.2 Å². The predicted molar refractivity (Wildman–Crippen MR) is 83.6 cm³/mol. The number of benzene rings is 1. The Morgan fingerprint density at radius 3 is 2.75 bits per heavy atom. The first-order valence-corrected chi connectivity index (χ1v) is 7.13. The van der Waals surface area contributed by atoms with Gasteiger partial charge in [-0.3, -0.25) is 4.79 Å². The fourth-order valence-electron chi connectivity index (χ4n) is 1.69. The Kier molecular flexibility index (Phi) is 6.65. The molecule has 1 N–H and O–H groups in total. The Morgan fingerprint density at radius 1 is 1.45 bits per heavy atom. The minimum atomic E-state index is 0.0580. The molecule has 0 saturated heterocycles. The average molecular weight is 299 g/mol. The zero-order valence-electron chi connectivity index (χ0n) is 12.6. The molecule has 5 heteroatoms. The Hall–Kier alpha value is -1.42. The number of rotatable bonds is 7. The number of halogens is 1. The molecule has 0 aliphatic rings. The molecule has 0 saturated carbocycles. The van der Waals surface area contributed by atoms with Crippen LogP contribution in [-0.4, -0.2) is 38.1 Å². The lowest BCUT2D eigenvalue weighted by molar-refractivity contribution is -0.128. The van der Waals surface area contributed by atoms with Gasteiger partial charge in [0.15, 0.2) is 0 Å². The van der Waals surface area contributed by atoms with E-state index in [1.807, 2.05) is 13.1 Å². The quantitative estimate of drug-likeness (QED) is 0.840. The summed E-state index contributed by atoms with van der Waals surface area (Å²) in [6.07, 6.45) is 1.01. The van der Waals surface area contributed by atoms with Gasteiger partial charge in [0, 0.05) is 24.7 Å². The van der Waals surface area contributed by atoms with Crippen LogP contribution in [0.25, 0.3) is 0 Å². The van der Waals surface area contributed by atoms with Gasteiger partial charge in [-0.1, -0.05) is 25.4 Å². The number of amides is 1. The number of nitrogens with zero attached hydrogens (tertiary/aromatic N) is 1. The number of anilines is 1. The van der Waals surface area contributed by atoms with E-state index in [9.17, 15) is 4.79 Å². The highest BCUT2D eigenvalue weighted by Crippen LogP contribution is 2.27. The molecule has 4 nitrogen and oxygen atoms in total. The minimum absolute atomic E-state index is 0.0580. The smallest absolute Gasteiger partial charge is 0.241 e. The zero-order chi connectivity index (χ0) is 15.1. The van der Waals surface area contributed by atoms with Crippen LogP contribution in [0.5, 0.6) is 5.75 Å². The van der Waals surface area contributed by atoms with E-state index in [2.05, 4.69) is 19.2 Å². The third-order valence-corrected chi connectivity index (χ3v) is 3.30. The molecule has 0 atom stereocenters. The van der Waals surface area contributed by atoms with E-state index in [-0.39, 0.29) is 12.5 Å². The van der Waals surface area contributed by atoms with Crippen molar-refractivity contribution in [3.05, 3.63) is 23.2 Å². The Bertz CT molecular complexity index is 449. The number of likely N-dealkylation sites (N-methyl/N-ethyl adjacent to an activating group) is 1. The summed E-state index contributed by atoms with van der Waals surface area (Å²) >= 11 is 5.90. The lowest BCUT2D eigenvalue weighted by Crippen LogP contribution is -2.33. The summed E-state index contributed by atoms with van der Waals surface area (Å²) in [5.74, 6) is 1.28. The van der Waals surface area contributed by atoms with E-state index in [0.717, 1.165) is 18.7 Å². The van der Waals surface area contributed by atoms with Crippen LogP contribution in [0.3, 0.4) is 0 Å². The molecule has 0 spiro atoms. The third-order valence-electron chi connectivity index (χ3n) is 3.06. The van der Waals surface area contributed by atoms with Gasteiger partial charge < -0.3 is 15.0 Å². The molecule has 0 unspecified atom stereocenters. The van der Waals surface area contributed by atoms with Crippen molar-refractivity contribution in [3.8, 4) is 5.75 Å². The van der Waals surface area contributed by atoms with Crippen molar-refractivity contribution in [3.63, 3.8) is 0 Å². The van der Waals surface area contributed by atoms with Crippen LogP contribution in [0.15, 0.2) is 18.2 Å². The third kappa shape index (κ3) is 5.29. The molecule has 1 rings (SSSR count). The van der Waals surface area contributed by atoms with Crippen LogP contribution in [-0.2, 0) is 4.79 Å². The predicted octanol–water partition coefficient (Wildman–Crippen LogP) is 3.27. The fourth-order valence-corrected chi connectivity index (χ4v) is 1.86. The number of carbonyl (C=O) groups is 1. The summed E-state index contributed by atoms with van der Waals surface area (Å²) in [6, 6.07) is 5.29. The highest BCUT2D eigenvalue weighted by Gasteiger charge is 2.10. The average Bonchev–Trinajstić information content (AvgIpc) is 2.42. The normalized spacial score (nSPS) is 10.5. The van der Waals surface area contributed by atoms with Crippen LogP contribution >= 0.6 is 11.6 Å². The second-order valence-electron chi connectivity index (χ2n) is 5.20. The Balaban J connectivity index is 2.52. The summed E-state index contributed by atoms with van der Waals surface area (Å²) in [5, 5.41) is 3.69. The minimum Gasteiger partial charge on any atom is -0.495 e. The van der Waals surface area contributed by atoms with Gasteiger partial charge in [-0.2, -0.15) is 0 Å². The molecule has 0 aliphatic carbocycles. The van der Waals surface area contributed by atoms with E-state index in [1.54, 1.807) is 24.1 Å². The van der Waals surface area contributed by atoms with Crippen LogP contribution < -0.4 is 10.1 Å². The van der Waals surface area contributed by atoms with Crippen molar-refractivity contribution in [1.29, 1.82) is 0 Å². The molecule has 1 aromatic carbocycles. The second-order valence-corrected chi connectivity index (χ2v) is 5.63. The Labute approximate surface area is 126 Å². The maximum absolute atomic E-state index is 12.0. The number of hydrogen-bond donors (Lipinski definition) is 1. The van der Waals surface area contributed by atoms with Gasteiger partial charge in [-0.05, 0) is 24.5 Å². The summed E-state index contributed by atoms with van der Waals surface area (Å²) in [7, 11) is 3.40. The molecule has 0 aromatic heterocycles. The van der Waals surface area contributed by atoms with Gasteiger partial charge in [0.05, 0.1) is 19.3 Å². The molecule has 20 heavy (non-hydrogen) atoms. The molecule has 0 fully saturated rings. The Morgan fingerprint density at radius 2 is 2.15 bits per heavy atom. The fraction of sp³-hybridized carbons (Fsp3) is 0.533. The molecule has 112 valence electrons. The molecular formula is C15H23ClN2O2. The van der Waals surface area contributed by atoms with Crippen molar-refractivity contribution < 1.29 is 9.53 Å². The summed E-state index contributed by atoms with van der Waals surface area (Å²) < 4.78 is 5.23. The van der Waals surface area contributed by atoms with E-state index in [0.29, 0.717) is 16.7 Å². The standard InChI is InChI=1S/C15H23ClN2O2/c1-11(2)7-8-18(3)15(19)10-17-13-6-5-12(16)9-14(13)20-4/h5-6,9,11,17H,7-8,10H2,1-4H3. The zero-order valence-corrected chi connectivity index (χ0v) is 13.3. The number of carbonyl (C=O) groups excluding carboxylic acids is 1. The van der Waals surface area contributed by atoms with E-state index >= 15 is 0 Å². The molecule has 0 bridgehead atoms. The number of methoxy groups -OCH3 is 1. The van der Waals surface area contributed by atoms with Crippen molar-refractivity contribution in [2.24, 2.45) is 5.92 Å². The van der Waals surface area contributed by atoms with E-state index in [4.69, 9.17) is 16.3 Å². The van der Waals surface area contributed by atoms with Crippen LogP contribution in [0.4, 0.5) is 5.69 Å². The molecule has 0 radical (unpaired) electrons. The summed E-state index contributed by atoms with van der Waals surface area (Å²) in [4.78, 5) is 13.7. The first-order chi connectivity index (χ1) is 9.43. The number of nitrogens with one attached hydrogen (secondary N) is 1. The van der Waals surface area contributed by atoms with Gasteiger partial charge in [0.2, 0.25) is 5.91 Å². The molecule has 1 amide bonds. The van der Waals surface area contributed by atoms with Gasteiger partial charge in [-0.15, -0.1) is 0 Å². The summed E-state index contributed by atoms with van der Waals surface area (Å²) in [6.45, 7) is 5.31. The van der Waals surface area contributed by atoms with Crippen molar-refractivity contribution in [2.75, 3.05) is 32.6 Å². The number of hydrogen-bond acceptors (Lipinski definition) is 3. The van der Waals surface area contributed by atoms with Gasteiger partial charge in [0.1, 0.15) is 5.75 Å².